The van der Waals surface area contributed by atoms with Crippen molar-refractivity contribution in [2.24, 2.45) is 5.73 Å². The van der Waals surface area contributed by atoms with E-state index in [-0.39, 0.29) is 5.75 Å². The van der Waals surface area contributed by atoms with Crippen LogP contribution in [0.1, 0.15) is 12.5 Å². The third kappa shape index (κ3) is 5.20. The van der Waals surface area contributed by atoms with Gasteiger partial charge in [0, 0.05) is 26.7 Å². The van der Waals surface area contributed by atoms with E-state index in [1.807, 2.05) is 13.0 Å². The Hall–Kier alpha value is -0.950. The molecule has 1 aromatic rings. The molecule has 0 fully saturated rings. The van der Waals surface area contributed by atoms with Crippen LogP contribution in [0.15, 0.2) is 29.2 Å². The summed E-state index contributed by atoms with van der Waals surface area (Å²) in [7, 11) is -1.62. The molecule has 2 N–H and O–H groups in total. The predicted molar refractivity (Wildman–Crippen MR) is 80.4 cm³/mol. The van der Waals surface area contributed by atoms with Crippen LogP contribution in [0.25, 0.3) is 0 Å². The summed E-state index contributed by atoms with van der Waals surface area (Å²) in [5, 5.41) is 0. The summed E-state index contributed by atoms with van der Waals surface area (Å²) >= 11 is 0. The van der Waals surface area contributed by atoms with Crippen molar-refractivity contribution in [1.82, 2.24) is 4.90 Å². The van der Waals surface area contributed by atoms with Crippen LogP contribution in [0.3, 0.4) is 0 Å². The molecule has 0 aliphatic carbocycles. The normalized spacial score (nSPS) is 12.0. The molecule has 0 aliphatic heterocycles. The summed E-state index contributed by atoms with van der Waals surface area (Å²) in [6, 6.07) is 6.84. The summed E-state index contributed by atoms with van der Waals surface area (Å²) in [5.74, 6) is 0.110. The zero-order valence-electron chi connectivity index (χ0n) is 12.2. The molecule has 0 atom stereocenters. The number of sulfone groups is 1. The van der Waals surface area contributed by atoms with Crippen LogP contribution in [-0.2, 0) is 21.1 Å². The first-order valence-electron chi connectivity index (χ1n) is 6.76. The fraction of sp³-hybridized carbons (Fsp3) is 0.571. The summed E-state index contributed by atoms with van der Waals surface area (Å²) in [6.07, 6.45) is 0. The zero-order valence-corrected chi connectivity index (χ0v) is 13.0. The number of nitrogens with two attached hydrogens (primary N) is 1. The average Bonchev–Trinajstić information content (AvgIpc) is 2.47. The van der Waals surface area contributed by atoms with E-state index in [0.717, 1.165) is 18.7 Å². The van der Waals surface area contributed by atoms with Crippen LogP contribution in [0.4, 0.5) is 0 Å². The maximum atomic E-state index is 12.3. The lowest BCUT2D eigenvalue weighted by molar-refractivity contribution is 0.154. The fourth-order valence-corrected chi connectivity index (χ4v) is 3.23. The molecule has 0 saturated carbocycles. The Morgan fingerprint density at radius 1 is 1.30 bits per heavy atom. The monoisotopic (exact) mass is 300 g/mol. The molecule has 0 unspecified atom stereocenters. The van der Waals surface area contributed by atoms with Crippen molar-refractivity contribution in [3.63, 3.8) is 0 Å². The van der Waals surface area contributed by atoms with E-state index in [4.69, 9.17) is 10.5 Å². The number of nitrogens with zero attached hydrogens (tertiary/aromatic N) is 1. The van der Waals surface area contributed by atoms with Gasteiger partial charge >= 0.3 is 0 Å². The van der Waals surface area contributed by atoms with E-state index in [0.29, 0.717) is 24.6 Å². The first-order valence-corrected chi connectivity index (χ1v) is 8.41. The SMILES string of the molecule is CCN(CCOC)CCS(=O)(=O)c1cccc(CN)c1. The fourth-order valence-electron chi connectivity index (χ4n) is 1.88. The molecular weight excluding hydrogens is 276 g/mol. The highest BCUT2D eigenvalue weighted by Crippen LogP contribution is 2.13. The lowest BCUT2D eigenvalue weighted by Gasteiger charge is -2.19. The molecule has 1 rings (SSSR count). The van der Waals surface area contributed by atoms with Crippen molar-refractivity contribution in [2.45, 2.75) is 18.4 Å². The van der Waals surface area contributed by atoms with E-state index in [1.54, 1.807) is 25.3 Å². The number of ether oxygens (including phenoxy) is 1. The largest absolute Gasteiger partial charge is 0.383 e. The molecule has 0 aliphatic rings. The molecule has 0 radical (unpaired) electrons. The maximum Gasteiger partial charge on any atom is 0.179 e. The van der Waals surface area contributed by atoms with Gasteiger partial charge in [-0.15, -0.1) is 0 Å². The highest BCUT2D eigenvalue weighted by atomic mass is 32.2. The van der Waals surface area contributed by atoms with E-state index in [9.17, 15) is 8.42 Å². The second kappa shape index (κ2) is 8.36. The first kappa shape index (κ1) is 17.1. The van der Waals surface area contributed by atoms with Gasteiger partial charge < -0.3 is 15.4 Å². The molecule has 0 bridgehead atoms. The minimum absolute atomic E-state index is 0.110. The van der Waals surface area contributed by atoms with Gasteiger partial charge in [-0.05, 0) is 24.2 Å². The number of likely N-dealkylation sites (N-methyl/N-ethyl adjacent to an activating group) is 1. The van der Waals surface area contributed by atoms with Crippen molar-refractivity contribution in [1.29, 1.82) is 0 Å². The average molecular weight is 300 g/mol. The topological polar surface area (TPSA) is 72.6 Å². The van der Waals surface area contributed by atoms with Gasteiger partial charge in [0.2, 0.25) is 0 Å². The molecule has 6 heteroatoms. The summed E-state index contributed by atoms with van der Waals surface area (Å²) in [4.78, 5) is 2.41. The highest BCUT2D eigenvalue weighted by molar-refractivity contribution is 7.91. The Labute approximate surface area is 121 Å². The summed E-state index contributed by atoms with van der Waals surface area (Å²) in [5.41, 5.74) is 6.37. The Morgan fingerprint density at radius 3 is 2.65 bits per heavy atom. The van der Waals surface area contributed by atoms with Crippen LogP contribution in [-0.4, -0.2) is 52.4 Å². The van der Waals surface area contributed by atoms with Crippen molar-refractivity contribution in [3.8, 4) is 0 Å². The molecule has 0 aromatic heterocycles. The van der Waals surface area contributed by atoms with Crippen molar-refractivity contribution < 1.29 is 13.2 Å². The standard InChI is InChI=1S/C14H24N2O3S/c1-3-16(7-9-19-2)8-10-20(17,18)14-6-4-5-13(11-14)12-15/h4-6,11H,3,7-10,12,15H2,1-2H3. The van der Waals surface area contributed by atoms with Crippen LogP contribution in [0.2, 0.25) is 0 Å². The van der Waals surface area contributed by atoms with Crippen LogP contribution in [0.5, 0.6) is 0 Å². The van der Waals surface area contributed by atoms with Crippen LogP contribution < -0.4 is 5.73 Å². The lowest BCUT2D eigenvalue weighted by atomic mass is 10.2. The Kier molecular flexibility index (Phi) is 7.15. The number of hydrogen-bond acceptors (Lipinski definition) is 5. The highest BCUT2D eigenvalue weighted by Gasteiger charge is 2.16. The summed E-state index contributed by atoms with van der Waals surface area (Å²) in [6.45, 7) is 5.02. The number of methoxy groups -OCH3 is 1. The third-order valence-corrected chi connectivity index (χ3v) is 4.92. The quantitative estimate of drug-likeness (QED) is 0.733. The lowest BCUT2D eigenvalue weighted by Crippen LogP contribution is -2.32. The second-order valence-electron chi connectivity index (χ2n) is 4.60. The molecule has 114 valence electrons. The van der Waals surface area contributed by atoms with Gasteiger partial charge in [-0.3, -0.25) is 0 Å². The molecule has 1 aromatic carbocycles. The minimum atomic E-state index is -3.26. The van der Waals surface area contributed by atoms with Crippen molar-refractivity contribution in [3.05, 3.63) is 29.8 Å². The third-order valence-electron chi connectivity index (χ3n) is 3.23. The smallest absolute Gasteiger partial charge is 0.179 e. The van der Waals surface area contributed by atoms with Gasteiger partial charge in [-0.2, -0.15) is 0 Å². The molecular formula is C14H24N2O3S. The Balaban J connectivity index is 2.68. The second-order valence-corrected chi connectivity index (χ2v) is 6.71. The number of benzene rings is 1. The Morgan fingerprint density at radius 2 is 2.05 bits per heavy atom. The van der Waals surface area contributed by atoms with E-state index in [1.165, 1.54) is 0 Å². The van der Waals surface area contributed by atoms with Gasteiger partial charge in [0.15, 0.2) is 9.84 Å². The molecule has 5 nitrogen and oxygen atoms in total. The molecule has 20 heavy (non-hydrogen) atoms. The minimum Gasteiger partial charge on any atom is -0.383 e. The Bertz CT molecular complexity index is 503. The van der Waals surface area contributed by atoms with Gasteiger partial charge in [0.25, 0.3) is 0 Å². The number of hydrogen-bond donors (Lipinski definition) is 1. The van der Waals surface area contributed by atoms with E-state index in [2.05, 4.69) is 4.90 Å². The van der Waals surface area contributed by atoms with Gasteiger partial charge in [-0.1, -0.05) is 19.1 Å². The maximum absolute atomic E-state index is 12.3. The van der Waals surface area contributed by atoms with Crippen LogP contribution in [0, 0.1) is 0 Å². The first-order chi connectivity index (χ1) is 9.53. The van der Waals surface area contributed by atoms with Crippen LogP contribution >= 0.6 is 0 Å². The van der Waals surface area contributed by atoms with Crippen molar-refractivity contribution >= 4 is 9.84 Å². The molecule has 0 spiro atoms. The van der Waals surface area contributed by atoms with Gasteiger partial charge in [-0.25, -0.2) is 8.42 Å². The van der Waals surface area contributed by atoms with Crippen molar-refractivity contribution in [2.75, 3.05) is 39.1 Å². The van der Waals surface area contributed by atoms with Gasteiger partial charge in [0.1, 0.15) is 0 Å². The van der Waals surface area contributed by atoms with E-state index < -0.39 is 9.84 Å². The van der Waals surface area contributed by atoms with Gasteiger partial charge in [0.05, 0.1) is 17.3 Å². The summed E-state index contributed by atoms with van der Waals surface area (Å²) < 4.78 is 29.6. The van der Waals surface area contributed by atoms with E-state index >= 15 is 0 Å². The molecule has 0 saturated heterocycles. The molecule has 0 amide bonds. The number of rotatable bonds is 9. The zero-order chi connectivity index (χ0) is 15.0. The molecule has 0 heterocycles. The predicted octanol–water partition coefficient (Wildman–Crippen LogP) is 0.887.